The van der Waals surface area contributed by atoms with Crippen molar-refractivity contribution in [3.05, 3.63) is 66.8 Å². The maximum Gasteiger partial charge on any atom is 0.221 e. The number of nitrogens with zero attached hydrogens (tertiary/aromatic N) is 9. The van der Waals surface area contributed by atoms with Crippen LogP contribution in [0.5, 0.6) is 5.88 Å². The summed E-state index contributed by atoms with van der Waals surface area (Å²) in [5.74, 6) is 1.58. The maximum absolute atomic E-state index is 14.9. The lowest BCUT2D eigenvalue weighted by molar-refractivity contribution is 0.0858. The second-order valence-corrected chi connectivity index (χ2v) is 17.2. The molecule has 11 nitrogen and oxygen atoms in total. The van der Waals surface area contributed by atoms with Crippen LogP contribution in [0.25, 0.3) is 33.5 Å². The average molecular weight is 602 g/mol. The lowest BCUT2D eigenvalue weighted by Gasteiger charge is -2.17. The van der Waals surface area contributed by atoms with Crippen molar-refractivity contribution in [1.29, 1.82) is 0 Å². The largest absolute Gasteiger partial charge is 0.481 e. The fraction of sp³-hybridized carbons (Fsp3) is 0.333. The lowest BCUT2D eigenvalue weighted by atomic mass is 10.1. The van der Waals surface area contributed by atoms with Crippen LogP contribution in [0.2, 0.25) is 25.7 Å². The molecule has 0 amide bonds. The second kappa shape index (κ2) is 12.8. The Labute approximate surface area is 251 Å². The number of aromatic nitrogens is 7. The SMILES string of the molecule is COc1ncccc1-c1cn(Cc2nnc(-c3ccccc3F)n2COCC[Si](C)(C)C)c2ncnc(N=CN(C)C)c12. The molecule has 5 rings (SSSR count). The molecule has 13 heteroatoms. The molecular weight excluding hydrogens is 565 g/mol. The number of pyridine rings is 1. The first-order chi connectivity index (χ1) is 20.7. The highest BCUT2D eigenvalue weighted by atomic mass is 28.3. The molecule has 0 fully saturated rings. The molecule has 0 atom stereocenters. The van der Waals surface area contributed by atoms with E-state index in [4.69, 9.17) is 9.47 Å². The smallest absolute Gasteiger partial charge is 0.221 e. The third-order valence-corrected chi connectivity index (χ3v) is 8.47. The van der Waals surface area contributed by atoms with E-state index in [2.05, 4.69) is 49.8 Å². The molecule has 0 aliphatic rings. The van der Waals surface area contributed by atoms with E-state index in [1.807, 2.05) is 46.5 Å². The quantitative estimate of drug-likeness (QED) is 0.0801. The Hall–Kier alpha value is -4.49. The van der Waals surface area contributed by atoms with E-state index in [0.29, 0.717) is 41.2 Å². The van der Waals surface area contributed by atoms with E-state index in [1.165, 1.54) is 12.4 Å². The average Bonchev–Trinajstić information content (AvgIpc) is 3.55. The molecule has 0 aliphatic heterocycles. The first kappa shape index (κ1) is 30.0. The molecule has 0 radical (unpaired) electrons. The molecule has 0 bridgehead atoms. The van der Waals surface area contributed by atoms with Crippen molar-refractivity contribution in [2.45, 2.75) is 39.0 Å². The molecule has 1 aromatic carbocycles. The van der Waals surface area contributed by atoms with E-state index in [9.17, 15) is 4.39 Å². The van der Waals surface area contributed by atoms with Gasteiger partial charge in [-0.3, -0.25) is 4.57 Å². The second-order valence-electron chi connectivity index (χ2n) is 11.5. The standard InChI is InChI=1S/C30H36FN9O2Si/c1-38(2)19-35-27-26-23(21-11-9-13-32-30(21)41-3)16-39(29(26)34-18-33-27)17-25-36-37-28(22-10-7-8-12-24(22)31)40(25)20-42-14-15-43(4,5)6/h7-13,16,18-19H,14-15,17,20H2,1-6H3. The Kier molecular flexibility index (Phi) is 8.92. The molecule has 5 aromatic rings. The minimum atomic E-state index is -1.30. The molecule has 0 aliphatic carbocycles. The van der Waals surface area contributed by atoms with Crippen LogP contribution in [0.1, 0.15) is 5.82 Å². The highest BCUT2D eigenvalue weighted by molar-refractivity contribution is 6.76. The summed E-state index contributed by atoms with van der Waals surface area (Å²) in [5, 5.41) is 9.64. The van der Waals surface area contributed by atoms with E-state index in [0.717, 1.165) is 22.6 Å². The number of methoxy groups -OCH3 is 1. The van der Waals surface area contributed by atoms with Gasteiger partial charge in [0.2, 0.25) is 5.88 Å². The third-order valence-electron chi connectivity index (χ3n) is 6.77. The van der Waals surface area contributed by atoms with Gasteiger partial charge in [-0.05, 0) is 30.3 Å². The van der Waals surface area contributed by atoms with Gasteiger partial charge in [0.05, 0.1) is 30.9 Å². The number of hydrogen-bond acceptors (Lipinski definition) is 8. The Morgan fingerprint density at radius 2 is 1.79 bits per heavy atom. The van der Waals surface area contributed by atoms with E-state index >= 15 is 0 Å². The maximum atomic E-state index is 14.9. The monoisotopic (exact) mass is 601 g/mol. The van der Waals surface area contributed by atoms with Crippen LogP contribution in [0.15, 0.2) is 60.1 Å². The topological polar surface area (TPSA) is 108 Å². The normalized spacial score (nSPS) is 12.0. The molecule has 0 unspecified atom stereocenters. The predicted molar refractivity (Wildman–Crippen MR) is 168 cm³/mol. The van der Waals surface area contributed by atoms with Gasteiger partial charge >= 0.3 is 0 Å². The molecule has 0 spiro atoms. The van der Waals surface area contributed by atoms with Gasteiger partial charge in [0.1, 0.15) is 24.5 Å². The number of fused-ring (bicyclic) bond motifs is 1. The highest BCUT2D eigenvalue weighted by Gasteiger charge is 2.23. The van der Waals surface area contributed by atoms with Gasteiger partial charge in [-0.15, -0.1) is 10.2 Å². The number of aliphatic imine (C=N–C) groups is 1. The summed E-state index contributed by atoms with van der Waals surface area (Å²) in [6.07, 6.45) is 6.82. The Bertz CT molecular complexity index is 1740. The van der Waals surface area contributed by atoms with E-state index in [-0.39, 0.29) is 19.1 Å². The van der Waals surface area contributed by atoms with Crippen molar-refractivity contribution in [2.75, 3.05) is 27.8 Å². The van der Waals surface area contributed by atoms with Gasteiger partial charge < -0.3 is 18.9 Å². The van der Waals surface area contributed by atoms with Crippen molar-refractivity contribution < 1.29 is 13.9 Å². The molecule has 4 aromatic heterocycles. The zero-order chi connectivity index (χ0) is 30.6. The number of ether oxygens (including phenoxy) is 2. The molecule has 4 heterocycles. The molecular formula is C30H36FN9O2Si. The van der Waals surface area contributed by atoms with Gasteiger partial charge in [0.25, 0.3) is 0 Å². The van der Waals surface area contributed by atoms with E-state index in [1.54, 1.807) is 37.8 Å². The van der Waals surface area contributed by atoms with Crippen LogP contribution < -0.4 is 4.74 Å². The van der Waals surface area contributed by atoms with Crippen molar-refractivity contribution in [2.24, 2.45) is 4.99 Å². The van der Waals surface area contributed by atoms with Crippen molar-refractivity contribution in [1.82, 2.24) is 39.2 Å². The number of rotatable bonds is 12. The van der Waals surface area contributed by atoms with Crippen LogP contribution in [-0.2, 0) is 18.0 Å². The summed E-state index contributed by atoms with van der Waals surface area (Å²) in [6.45, 7) is 7.97. The Morgan fingerprint density at radius 1 is 1.00 bits per heavy atom. The summed E-state index contributed by atoms with van der Waals surface area (Å²) in [4.78, 5) is 20.0. The van der Waals surface area contributed by atoms with Crippen molar-refractivity contribution in [3.8, 4) is 28.4 Å². The zero-order valence-corrected chi connectivity index (χ0v) is 26.3. The summed E-state index contributed by atoms with van der Waals surface area (Å²) in [6, 6.07) is 11.3. The summed E-state index contributed by atoms with van der Waals surface area (Å²) in [7, 11) is 4.07. The van der Waals surface area contributed by atoms with E-state index < -0.39 is 8.07 Å². The van der Waals surface area contributed by atoms with Gasteiger partial charge in [0.15, 0.2) is 17.5 Å². The highest BCUT2D eigenvalue weighted by Crippen LogP contribution is 2.38. The van der Waals surface area contributed by atoms with Crippen molar-refractivity contribution in [3.63, 3.8) is 0 Å². The zero-order valence-electron chi connectivity index (χ0n) is 25.3. The van der Waals surface area contributed by atoms with Gasteiger partial charge in [-0.1, -0.05) is 31.8 Å². The fourth-order valence-electron chi connectivity index (χ4n) is 4.58. The first-order valence-corrected chi connectivity index (χ1v) is 17.7. The van der Waals surface area contributed by atoms with Crippen LogP contribution >= 0.6 is 0 Å². The van der Waals surface area contributed by atoms with Gasteiger partial charge in [0, 0.05) is 52.3 Å². The molecule has 0 saturated heterocycles. The molecule has 0 saturated carbocycles. The van der Waals surface area contributed by atoms with Crippen molar-refractivity contribution >= 4 is 31.3 Å². The van der Waals surface area contributed by atoms with Crippen LogP contribution in [0, 0.1) is 5.82 Å². The van der Waals surface area contributed by atoms with Crippen LogP contribution in [0.4, 0.5) is 10.2 Å². The first-order valence-electron chi connectivity index (χ1n) is 13.9. The minimum Gasteiger partial charge on any atom is -0.481 e. The van der Waals surface area contributed by atoms with Crippen LogP contribution in [-0.4, -0.2) is 81.4 Å². The predicted octanol–water partition coefficient (Wildman–Crippen LogP) is 5.48. The summed E-state index contributed by atoms with van der Waals surface area (Å²) in [5.41, 5.74) is 2.57. The third kappa shape index (κ3) is 6.78. The van der Waals surface area contributed by atoms with Gasteiger partial charge in [-0.25, -0.2) is 24.3 Å². The van der Waals surface area contributed by atoms with Crippen LogP contribution in [0.3, 0.4) is 0 Å². The summed E-state index contributed by atoms with van der Waals surface area (Å²) >= 11 is 0. The molecule has 0 N–H and O–H groups in total. The lowest BCUT2D eigenvalue weighted by Crippen LogP contribution is -2.22. The number of hydrogen-bond donors (Lipinski definition) is 0. The molecule has 43 heavy (non-hydrogen) atoms. The summed E-state index contributed by atoms with van der Waals surface area (Å²) < 4.78 is 30.4. The Balaban J connectivity index is 1.62. The fourth-order valence-corrected chi connectivity index (χ4v) is 5.33. The molecule has 224 valence electrons. The number of halogens is 1. The number of benzene rings is 1. The Morgan fingerprint density at radius 3 is 2.53 bits per heavy atom. The van der Waals surface area contributed by atoms with Gasteiger partial charge in [-0.2, -0.15) is 0 Å². The minimum absolute atomic E-state index is 0.187.